The molecule has 1 aliphatic heterocycles. The Hall–Kier alpha value is -4.69. The Labute approximate surface area is 440 Å². The van der Waals surface area contributed by atoms with E-state index in [0.717, 1.165) is 58.5 Å². The van der Waals surface area contributed by atoms with Crippen molar-refractivity contribution in [1.29, 1.82) is 0 Å². The van der Waals surface area contributed by atoms with Gasteiger partial charge in [-0.2, -0.15) is 0 Å². The largest absolute Gasteiger partial charge is 0.493 e. The smallest absolute Gasteiger partial charge is 0.338 e. The number of ether oxygens (including phenoxy) is 8. The summed E-state index contributed by atoms with van der Waals surface area (Å²) in [6.45, 7) is 10.6. The van der Waals surface area contributed by atoms with Crippen LogP contribution in [0.3, 0.4) is 0 Å². The van der Waals surface area contributed by atoms with Gasteiger partial charge in [0.2, 0.25) is 11.5 Å². The van der Waals surface area contributed by atoms with Crippen molar-refractivity contribution in [1.82, 2.24) is 9.80 Å². The van der Waals surface area contributed by atoms with Gasteiger partial charge >= 0.3 is 11.9 Å². The number of alkyl halides is 1. The summed E-state index contributed by atoms with van der Waals surface area (Å²) < 4.78 is 59.8. The number of ketones is 2. The topological polar surface area (TPSA) is 209 Å². The third-order valence-electron chi connectivity index (χ3n) is 16.0. The zero-order chi connectivity index (χ0) is 51.9. The lowest BCUT2D eigenvalue weighted by Gasteiger charge is -2.62. The molecule has 17 nitrogen and oxygen atoms in total. The maximum atomic E-state index is 16.9. The van der Waals surface area contributed by atoms with E-state index < -0.39 is 64.4 Å². The predicted molar refractivity (Wildman–Crippen MR) is 274 cm³/mol. The second kappa shape index (κ2) is 25.7. The van der Waals surface area contributed by atoms with Crippen molar-refractivity contribution >= 4 is 48.3 Å². The number of aliphatic hydroxyl groups is 3. The lowest BCUT2D eigenvalue weighted by atomic mass is 9.44. The van der Waals surface area contributed by atoms with Gasteiger partial charge < -0.3 is 63.0 Å². The van der Waals surface area contributed by atoms with Gasteiger partial charge in [0.25, 0.3) is 0 Å². The molecule has 73 heavy (non-hydrogen) atoms. The van der Waals surface area contributed by atoms with Crippen molar-refractivity contribution in [3.63, 3.8) is 0 Å². The minimum absolute atomic E-state index is 0. The average Bonchev–Trinajstić information content (AvgIpc) is 3.48. The number of allylic oxidation sites excluding steroid dienone is 4. The zero-order valence-electron chi connectivity index (χ0n) is 43.5. The molecule has 8 atom stereocenters. The van der Waals surface area contributed by atoms with Gasteiger partial charge in [0.15, 0.2) is 40.2 Å². The van der Waals surface area contributed by atoms with Crippen LogP contribution >= 0.6 is 24.8 Å². The van der Waals surface area contributed by atoms with Crippen molar-refractivity contribution in [2.75, 3.05) is 102 Å². The molecule has 20 heteroatoms. The maximum absolute atomic E-state index is 16.9. The van der Waals surface area contributed by atoms with Crippen molar-refractivity contribution in [2.24, 2.45) is 28.6 Å². The quantitative estimate of drug-likeness (QED) is 0.111. The molecule has 3 N–H and O–H groups in total. The van der Waals surface area contributed by atoms with Crippen molar-refractivity contribution in [3.8, 4) is 34.5 Å². The summed E-state index contributed by atoms with van der Waals surface area (Å²) in [5.74, 6) is -0.536. The van der Waals surface area contributed by atoms with Crippen LogP contribution in [0.25, 0.3) is 0 Å². The number of hydrogen-bond acceptors (Lipinski definition) is 17. The first-order valence-electron chi connectivity index (χ1n) is 24.4. The van der Waals surface area contributed by atoms with Gasteiger partial charge in [-0.05, 0) is 113 Å². The van der Waals surface area contributed by atoms with Crippen molar-refractivity contribution in [2.45, 2.75) is 83.1 Å². The molecule has 0 unspecified atom stereocenters. The molecule has 0 spiro atoms. The Morgan fingerprint density at radius 2 is 1.21 bits per heavy atom. The van der Waals surface area contributed by atoms with E-state index in [4.69, 9.17) is 37.9 Å². The van der Waals surface area contributed by atoms with Gasteiger partial charge in [-0.15, -0.1) is 24.8 Å². The molecule has 7 rings (SSSR count). The number of halogens is 3. The summed E-state index contributed by atoms with van der Waals surface area (Å²) >= 11 is 0. The summed E-state index contributed by atoms with van der Waals surface area (Å²) in [4.78, 5) is 54.4. The van der Waals surface area contributed by atoms with Crippen LogP contribution in [-0.2, 0) is 19.1 Å². The first kappa shape index (κ1) is 60.9. The highest BCUT2D eigenvalue weighted by Gasteiger charge is 2.75. The van der Waals surface area contributed by atoms with Gasteiger partial charge in [0.05, 0.1) is 73.1 Å². The number of carbonyl (C=O) groups is 4. The number of nitrogens with zero attached hydrogens (tertiary/aromatic N) is 2. The van der Waals surface area contributed by atoms with E-state index in [1.54, 1.807) is 51.1 Å². The van der Waals surface area contributed by atoms with Crippen LogP contribution in [-0.4, -0.2) is 168 Å². The lowest BCUT2D eigenvalue weighted by Crippen LogP contribution is -2.69. The highest BCUT2D eigenvalue weighted by atomic mass is 35.5. The molecule has 0 radical (unpaired) electrons. The summed E-state index contributed by atoms with van der Waals surface area (Å²) in [6, 6.07) is 6.34. The SMILES string of the molecule is COc1cc(C(=O)OCCCN2CCCN(CCCOC(=O)c3cc(OC)c(OC)c(OC)c3)CC2)cc(OC)c1OC.C[C@@H]1C[C@H]2[C@@H]3CCC4=CC(=O)C=C[C@]4(C)[C@@]3(F)[C@@H](O)C[C@]2(C)[C@@]1(O)C(=O)CO.Cl.Cl. The molecule has 0 amide bonds. The van der Waals surface area contributed by atoms with E-state index in [9.17, 15) is 34.5 Å². The first-order valence-corrected chi connectivity index (χ1v) is 24.4. The van der Waals surface area contributed by atoms with E-state index in [-0.39, 0.29) is 42.9 Å². The Morgan fingerprint density at radius 3 is 1.63 bits per heavy atom. The number of rotatable bonds is 18. The van der Waals surface area contributed by atoms with Crippen LogP contribution in [0, 0.1) is 28.6 Å². The number of carbonyl (C=O) groups excluding carboxylic acids is 4. The highest BCUT2D eigenvalue weighted by molar-refractivity contribution is 6.01. The molecule has 1 saturated heterocycles. The van der Waals surface area contributed by atoms with E-state index in [1.807, 2.05) is 0 Å². The van der Waals surface area contributed by atoms with Crippen molar-refractivity contribution in [3.05, 3.63) is 59.2 Å². The number of methoxy groups -OCH3 is 6. The van der Waals surface area contributed by atoms with Crippen LogP contribution in [0.1, 0.15) is 86.4 Å². The standard InChI is InChI=1S/C31H44N2O10.C22H29FO5.2ClH/c1-36-24-18-22(19-25(37-2)28(24)40-5)30(34)42-16-8-12-32-10-7-11-33(15-14-32)13-9-17-43-31(35)23-20-26(38-3)29(41-6)27(21-23)39-4;1-12-8-16-15-5-4-13-9-14(25)6-7-19(13,2)21(15,23)17(26)10-20(16,3)22(12,28)18(27)11-24;;/h18-21H,7-17H2,1-6H3;6-7,9,12,15-17,24,26,28H,4-5,8,10-11H2,1-3H3;2*1H/t;12-,15+,16+,17+,19+,20+,21+,22+;;/m.1../s1. The Kier molecular flexibility index (Phi) is 21.4. The molecule has 5 aliphatic rings. The Morgan fingerprint density at radius 1 is 0.740 bits per heavy atom. The third-order valence-corrected chi connectivity index (χ3v) is 16.0. The fraction of sp³-hybridized carbons (Fsp3) is 0.623. The van der Waals surface area contributed by atoms with Crippen LogP contribution in [0.15, 0.2) is 48.1 Å². The lowest BCUT2D eigenvalue weighted by molar-refractivity contribution is -0.219. The molecule has 0 aromatic heterocycles. The predicted octanol–water partition coefficient (Wildman–Crippen LogP) is 6.28. The van der Waals surface area contributed by atoms with Crippen LogP contribution < -0.4 is 28.4 Å². The van der Waals surface area contributed by atoms with Gasteiger partial charge in [-0.1, -0.05) is 25.5 Å². The average molecular weight is 1070 g/mol. The molecule has 3 saturated carbocycles. The summed E-state index contributed by atoms with van der Waals surface area (Å²) in [6.07, 6.45) is 6.94. The number of esters is 2. The minimum atomic E-state index is -1.98. The number of hydrogen-bond donors (Lipinski definition) is 3. The second-order valence-electron chi connectivity index (χ2n) is 19.6. The number of aliphatic hydroxyl groups excluding tert-OH is 2. The highest BCUT2D eigenvalue weighted by Crippen LogP contribution is 2.70. The third kappa shape index (κ3) is 11.8. The maximum Gasteiger partial charge on any atom is 0.338 e. The molecule has 4 aliphatic carbocycles. The Bertz CT molecular complexity index is 2200. The normalized spacial score (nSPS) is 28.3. The first-order chi connectivity index (χ1) is 33.8. The van der Waals surface area contributed by atoms with Gasteiger partial charge in [0, 0.05) is 42.9 Å². The number of fused-ring (bicyclic) bond motifs is 5. The van der Waals surface area contributed by atoms with E-state index in [2.05, 4.69) is 9.80 Å². The van der Waals surface area contributed by atoms with E-state index in [0.29, 0.717) is 83.7 Å². The molecule has 408 valence electrons. The fourth-order valence-corrected chi connectivity index (χ4v) is 12.2. The van der Waals surface area contributed by atoms with Crippen LogP contribution in [0.5, 0.6) is 34.5 Å². The van der Waals surface area contributed by atoms with E-state index >= 15 is 4.39 Å². The number of benzene rings is 2. The molecular formula is C53H75Cl2FN2O15. The number of Topliss-reactive ketones (excluding diaryl/α,β-unsaturated/α-hetero) is 1. The summed E-state index contributed by atoms with van der Waals surface area (Å²) in [5, 5.41) is 32.0. The van der Waals surface area contributed by atoms with Crippen LogP contribution in [0.2, 0.25) is 0 Å². The van der Waals surface area contributed by atoms with Gasteiger partial charge in [-0.25, -0.2) is 14.0 Å². The van der Waals surface area contributed by atoms with E-state index in [1.165, 1.54) is 54.8 Å². The fourth-order valence-electron chi connectivity index (χ4n) is 12.2. The molecular weight excluding hydrogens is 994 g/mol. The second-order valence-corrected chi connectivity index (χ2v) is 19.6. The minimum Gasteiger partial charge on any atom is -0.493 e. The van der Waals surface area contributed by atoms with Crippen molar-refractivity contribution < 1.29 is 76.8 Å². The van der Waals surface area contributed by atoms with Gasteiger partial charge in [0.1, 0.15) is 12.2 Å². The monoisotopic (exact) mass is 1070 g/mol. The summed E-state index contributed by atoms with van der Waals surface area (Å²) in [7, 11) is 9.04. The molecule has 2 aromatic rings. The molecule has 1 heterocycles. The van der Waals surface area contributed by atoms with Crippen LogP contribution in [0.4, 0.5) is 4.39 Å². The zero-order valence-corrected chi connectivity index (χ0v) is 45.1. The molecule has 2 aromatic carbocycles. The summed E-state index contributed by atoms with van der Waals surface area (Å²) in [5.41, 5.74) is -4.49. The van der Waals surface area contributed by atoms with Gasteiger partial charge in [-0.3, -0.25) is 9.59 Å². The molecule has 4 fully saturated rings. The Balaban J connectivity index is 0.000000333. The molecule has 0 bridgehead atoms.